The predicted octanol–water partition coefficient (Wildman–Crippen LogP) is 1.05. The van der Waals surface area contributed by atoms with Crippen LogP contribution in [-0.2, 0) is 14.2 Å². The van der Waals surface area contributed by atoms with Gasteiger partial charge in [-0.1, -0.05) is 0 Å². The Bertz CT molecular complexity index is 160. The fourth-order valence-electron chi connectivity index (χ4n) is 2.02. The number of rotatable bonds is 8. The number of hydrogen-bond acceptors (Lipinski definition) is 4. The monoisotopic (exact) mass is 231 g/mol. The normalized spacial score (nSPS) is 19.9. The molecule has 1 atom stereocenters. The average Bonchev–Trinajstić information content (AvgIpc) is 2.34. The van der Waals surface area contributed by atoms with Crippen LogP contribution in [0.15, 0.2) is 0 Å². The standard InChI is InChI=1S/C12H25NO3/c1-13-12(10-16-8-7-14-2)9-11-3-5-15-6-4-11/h11-13H,3-10H2,1-2H3. The van der Waals surface area contributed by atoms with Crippen molar-refractivity contribution in [3.63, 3.8) is 0 Å². The van der Waals surface area contributed by atoms with E-state index in [4.69, 9.17) is 14.2 Å². The highest BCUT2D eigenvalue weighted by molar-refractivity contribution is 4.72. The zero-order chi connectivity index (χ0) is 11.6. The molecule has 1 aliphatic rings. The van der Waals surface area contributed by atoms with Crippen molar-refractivity contribution in [1.29, 1.82) is 0 Å². The Morgan fingerprint density at radius 2 is 2.06 bits per heavy atom. The average molecular weight is 231 g/mol. The van der Waals surface area contributed by atoms with Gasteiger partial charge in [-0.2, -0.15) is 0 Å². The van der Waals surface area contributed by atoms with E-state index < -0.39 is 0 Å². The molecule has 1 heterocycles. The number of methoxy groups -OCH3 is 1. The lowest BCUT2D eigenvalue weighted by Crippen LogP contribution is -2.34. The minimum atomic E-state index is 0.458. The van der Waals surface area contributed by atoms with Crippen molar-refractivity contribution in [1.82, 2.24) is 5.32 Å². The van der Waals surface area contributed by atoms with Gasteiger partial charge in [0.1, 0.15) is 0 Å². The summed E-state index contributed by atoms with van der Waals surface area (Å²) in [6, 6.07) is 0.458. The molecule has 1 unspecified atom stereocenters. The Morgan fingerprint density at radius 3 is 2.69 bits per heavy atom. The highest BCUT2D eigenvalue weighted by Gasteiger charge is 2.18. The third-order valence-corrected chi connectivity index (χ3v) is 3.12. The van der Waals surface area contributed by atoms with Gasteiger partial charge in [-0.25, -0.2) is 0 Å². The molecule has 4 heteroatoms. The first-order valence-electron chi connectivity index (χ1n) is 6.18. The zero-order valence-electron chi connectivity index (χ0n) is 10.5. The van der Waals surface area contributed by atoms with Crippen molar-refractivity contribution < 1.29 is 14.2 Å². The van der Waals surface area contributed by atoms with Crippen LogP contribution >= 0.6 is 0 Å². The highest BCUT2D eigenvalue weighted by atomic mass is 16.5. The fourth-order valence-corrected chi connectivity index (χ4v) is 2.02. The third kappa shape index (κ3) is 5.80. The van der Waals surface area contributed by atoms with Crippen molar-refractivity contribution >= 4 is 0 Å². The van der Waals surface area contributed by atoms with E-state index in [1.54, 1.807) is 7.11 Å². The van der Waals surface area contributed by atoms with E-state index in [0.29, 0.717) is 19.3 Å². The van der Waals surface area contributed by atoms with Crippen LogP contribution in [-0.4, -0.2) is 53.2 Å². The van der Waals surface area contributed by atoms with Gasteiger partial charge < -0.3 is 19.5 Å². The van der Waals surface area contributed by atoms with Gasteiger partial charge in [-0.3, -0.25) is 0 Å². The van der Waals surface area contributed by atoms with E-state index >= 15 is 0 Å². The largest absolute Gasteiger partial charge is 0.382 e. The van der Waals surface area contributed by atoms with Crippen molar-refractivity contribution in [2.75, 3.05) is 47.2 Å². The topological polar surface area (TPSA) is 39.7 Å². The second-order valence-electron chi connectivity index (χ2n) is 4.34. The number of ether oxygens (including phenoxy) is 3. The molecule has 1 fully saturated rings. The quantitative estimate of drug-likeness (QED) is 0.634. The van der Waals surface area contributed by atoms with Crippen molar-refractivity contribution in [2.24, 2.45) is 5.92 Å². The summed E-state index contributed by atoms with van der Waals surface area (Å²) in [4.78, 5) is 0. The van der Waals surface area contributed by atoms with Crippen molar-refractivity contribution in [3.8, 4) is 0 Å². The molecule has 0 aliphatic carbocycles. The van der Waals surface area contributed by atoms with E-state index in [1.165, 1.54) is 19.3 Å². The molecule has 0 bridgehead atoms. The van der Waals surface area contributed by atoms with E-state index in [1.807, 2.05) is 7.05 Å². The van der Waals surface area contributed by atoms with Crippen molar-refractivity contribution in [3.05, 3.63) is 0 Å². The maximum absolute atomic E-state index is 5.55. The van der Waals surface area contributed by atoms with Crippen LogP contribution in [0.5, 0.6) is 0 Å². The van der Waals surface area contributed by atoms with E-state index in [9.17, 15) is 0 Å². The molecule has 0 amide bonds. The molecule has 0 aromatic carbocycles. The van der Waals surface area contributed by atoms with Crippen LogP contribution in [0.1, 0.15) is 19.3 Å². The van der Waals surface area contributed by atoms with Gasteiger partial charge in [0.2, 0.25) is 0 Å². The molecule has 0 spiro atoms. The van der Waals surface area contributed by atoms with Gasteiger partial charge in [-0.05, 0) is 32.2 Å². The molecule has 0 radical (unpaired) electrons. The first-order chi connectivity index (χ1) is 7.86. The molecule has 0 aromatic heterocycles. The Morgan fingerprint density at radius 1 is 1.31 bits per heavy atom. The van der Waals surface area contributed by atoms with E-state index in [0.717, 1.165) is 25.7 Å². The molecule has 0 saturated carbocycles. The lowest BCUT2D eigenvalue weighted by molar-refractivity contribution is 0.0393. The number of hydrogen-bond donors (Lipinski definition) is 1. The van der Waals surface area contributed by atoms with Gasteiger partial charge in [0.05, 0.1) is 19.8 Å². The lowest BCUT2D eigenvalue weighted by Gasteiger charge is -2.26. The summed E-state index contributed by atoms with van der Waals surface area (Å²) >= 11 is 0. The molecule has 1 N–H and O–H groups in total. The van der Waals surface area contributed by atoms with Crippen LogP contribution in [0.2, 0.25) is 0 Å². The Kier molecular flexibility index (Phi) is 7.76. The van der Waals surface area contributed by atoms with Gasteiger partial charge in [0.15, 0.2) is 0 Å². The van der Waals surface area contributed by atoms with Gasteiger partial charge >= 0.3 is 0 Å². The molecule has 0 aromatic rings. The summed E-state index contributed by atoms with van der Waals surface area (Å²) in [5.41, 5.74) is 0. The summed E-state index contributed by atoms with van der Waals surface area (Å²) in [5, 5.41) is 3.32. The summed E-state index contributed by atoms with van der Waals surface area (Å²) in [6.45, 7) is 3.98. The molecule has 4 nitrogen and oxygen atoms in total. The molecule has 1 rings (SSSR count). The molecular formula is C12H25NO3. The Labute approximate surface area is 98.6 Å². The molecular weight excluding hydrogens is 206 g/mol. The van der Waals surface area contributed by atoms with Crippen molar-refractivity contribution in [2.45, 2.75) is 25.3 Å². The third-order valence-electron chi connectivity index (χ3n) is 3.12. The lowest BCUT2D eigenvalue weighted by atomic mass is 9.93. The first kappa shape index (κ1) is 13.9. The summed E-state index contributed by atoms with van der Waals surface area (Å²) in [7, 11) is 3.70. The molecule has 16 heavy (non-hydrogen) atoms. The molecule has 1 aliphatic heterocycles. The number of nitrogens with one attached hydrogen (secondary N) is 1. The van der Waals surface area contributed by atoms with Crippen LogP contribution in [0.4, 0.5) is 0 Å². The summed E-state index contributed by atoms with van der Waals surface area (Å²) in [6.07, 6.45) is 3.57. The molecule has 1 saturated heterocycles. The predicted molar refractivity (Wildman–Crippen MR) is 63.7 cm³/mol. The minimum absolute atomic E-state index is 0.458. The SMILES string of the molecule is CNC(COCCOC)CC1CCOCC1. The van der Waals surface area contributed by atoms with Gasteiger partial charge in [-0.15, -0.1) is 0 Å². The van der Waals surface area contributed by atoms with Crippen LogP contribution < -0.4 is 5.32 Å². The summed E-state index contributed by atoms with van der Waals surface area (Å²) < 4.78 is 15.9. The van der Waals surface area contributed by atoms with Crippen LogP contribution in [0.3, 0.4) is 0 Å². The minimum Gasteiger partial charge on any atom is -0.382 e. The Hall–Kier alpha value is -0.160. The van der Waals surface area contributed by atoms with Crippen LogP contribution in [0.25, 0.3) is 0 Å². The van der Waals surface area contributed by atoms with Crippen LogP contribution in [0, 0.1) is 5.92 Å². The highest BCUT2D eigenvalue weighted by Crippen LogP contribution is 2.20. The second kappa shape index (κ2) is 8.93. The summed E-state index contributed by atoms with van der Waals surface area (Å²) in [5.74, 6) is 0.789. The fraction of sp³-hybridized carbons (Fsp3) is 1.00. The Balaban J connectivity index is 2.09. The van der Waals surface area contributed by atoms with E-state index in [2.05, 4.69) is 5.32 Å². The second-order valence-corrected chi connectivity index (χ2v) is 4.34. The van der Waals surface area contributed by atoms with E-state index in [-0.39, 0.29) is 0 Å². The maximum atomic E-state index is 5.55. The maximum Gasteiger partial charge on any atom is 0.0701 e. The molecule has 96 valence electrons. The smallest absolute Gasteiger partial charge is 0.0701 e. The number of likely N-dealkylation sites (N-methyl/N-ethyl adjacent to an activating group) is 1. The zero-order valence-corrected chi connectivity index (χ0v) is 10.5. The first-order valence-corrected chi connectivity index (χ1v) is 6.18. The van der Waals surface area contributed by atoms with Gasteiger partial charge in [0, 0.05) is 26.4 Å². The van der Waals surface area contributed by atoms with Gasteiger partial charge in [0.25, 0.3) is 0 Å².